The molecule has 15 heteroatoms. The number of carbonyl (C=O) groups is 7. The van der Waals surface area contributed by atoms with Crippen LogP contribution in [0.1, 0.15) is 76.7 Å². The lowest BCUT2D eigenvalue weighted by Gasteiger charge is -2.29. The summed E-state index contributed by atoms with van der Waals surface area (Å²) < 4.78 is 0. The van der Waals surface area contributed by atoms with Gasteiger partial charge in [-0.2, -0.15) is 0 Å². The summed E-state index contributed by atoms with van der Waals surface area (Å²) in [7, 11) is 0. The highest BCUT2D eigenvalue weighted by atomic mass is 16.4. The molecular weight excluding hydrogens is 662 g/mol. The van der Waals surface area contributed by atoms with E-state index in [9.17, 15) is 43.8 Å². The first kappa shape index (κ1) is 40.2. The Bertz CT molecular complexity index is 1540. The van der Waals surface area contributed by atoms with E-state index >= 15 is 0 Å². The molecule has 2 aromatic carbocycles. The van der Waals surface area contributed by atoms with Crippen molar-refractivity contribution < 1.29 is 48.9 Å². The maximum Gasteiger partial charge on any atom is 0.326 e. The quantitative estimate of drug-likeness (QED) is 0.0934. The number of carbonyl (C=O) groups excluding carboxylic acids is 4. The zero-order valence-corrected chi connectivity index (χ0v) is 28.8. The third kappa shape index (κ3) is 13.9. The lowest BCUT2D eigenvalue weighted by molar-refractivity contribution is -0.141. The monoisotopic (exact) mass is 711 g/mol. The normalized spacial score (nSPS) is 17.3. The molecule has 3 rings (SSSR count). The average molecular weight is 712 g/mol. The van der Waals surface area contributed by atoms with E-state index in [-0.39, 0.29) is 55.9 Å². The highest BCUT2D eigenvalue weighted by Crippen LogP contribution is 2.29. The zero-order valence-electron chi connectivity index (χ0n) is 28.8. The smallest absolute Gasteiger partial charge is 0.326 e. The SMILES string of the molecule is CCC(=O)NCC1CCC(C(=O)NC(Cc2ccc3ccccc3c2)C(=O)NCCCC[C@H](NC(=O)N[C@@H](CCC(=O)O)C(=O)O)C(=O)O)CC1. The van der Waals surface area contributed by atoms with Crippen LogP contribution in [0, 0.1) is 11.8 Å². The molecule has 0 saturated heterocycles. The Morgan fingerprint density at radius 1 is 0.745 bits per heavy atom. The molecule has 0 bridgehead atoms. The van der Waals surface area contributed by atoms with Crippen molar-refractivity contribution in [3.05, 3.63) is 48.0 Å². The summed E-state index contributed by atoms with van der Waals surface area (Å²) in [6.45, 7) is 2.56. The van der Waals surface area contributed by atoms with Crippen LogP contribution in [0.25, 0.3) is 10.8 Å². The summed E-state index contributed by atoms with van der Waals surface area (Å²) in [5.74, 6) is -4.58. The molecule has 15 nitrogen and oxygen atoms in total. The Hall–Kier alpha value is -5.21. The lowest BCUT2D eigenvalue weighted by Crippen LogP contribution is -2.51. The van der Waals surface area contributed by atoms with E-state index in [1.54, 1.807) is 6.92 Å². The molecule has 0 aliphatic heterocycles. The molecule has 3 atom stereocenters. The first-order valence-corrected chi connectivity index (χ1v) is 17.4. The van der Waals surface area contributed by atoms with Crippen LogP contribution in [0.5, 0.6) is 0 Å². The van der Waals surface area contributed by atoms with E-state index in [4.69, 9.17) is 5.11 Å². The minimum absolute atomic E-state index is 0.000538. The number of fused-ring (bicyclic) bond motifs is 1. The van der Waals surface area contributed by atoms with Crippen LogP contribution in [-0.4, -0.2) is 88.2 Å². The van der Waals surface area contributed by atoms with E-state index in [0.717, 1.165) is 29.2 Å². The molecule has 0 aromatic heterocycles. The molecule has 278 valence electrons. The first-order valence-electron chi connectivity index (χ1n) is 17.4. The topological polar surface area (TPSA) is 240 Å². The van der Waals surface area contributed by atoms with Gasteiger partial charge < -0.3 is 41.9 Å². The summed E-state index contributed by atoms with van der Waals surface area (Å²) in [5.41, 5.74) is 0.867. The number of unbranched alkanes of at least 4 members (excludes halogenated alkanes) is 1. The third-order valence-corrected chi connectivity index (χ3v) is 9.09. The largest absolute Gasteiger partial charge is 0.481 e. The van der Waals surface area contributed by atoms with Gasteiger partial charge in [-0.1, -0.05) is 49.4 Å². The maximum absolute atomic E-state index is 13.5. The Kier molecular flexibility index (Phi) is 16.1. The third-order valence-electron chi connectivity index (χ3n) is 9.09. The summed E-state index contributed by atoms with van der Waals surface area (Å²) in [5, 5.41) is 42.6. The van der Waals surface area contributed by atoms with Crippen molar-refractivity contribution in [2.45, 2.75) is 95.7 Å². The molecule has 8 N–H and O–H groups in total. The van der Waals surface area contributed by atoms with Gasteiger partial charge in [0.2, 0.25) is 17.7 Å². The predicted molar refractivity (Wildman–Crippen MR) is 187 cm³/mol. The number of hydrogen-bond acceptors (Lipinski definition) is 7. The molecule has 1 fully saturated rings. The second-order valence-corrected chi connectivity index (χ2v) is 12.9. The molecule has 1 saturated carbocycles. The van der Waals surface area contributed by atoms with Crippen molar-refractivity contribution in [1.82, 2.24) is 26.6 Å². The lowest BCUT2D eigenvalue weighted by atomic mass is 9.81. The van der Waals surface area contributed by atoms with Crippen LogP contribution in [0.15, 0.2) is 42.5 Å². The molecule has 5 amide bonds. The van der Waals surface area contributed by atoms with Gasteiger partial charge in [-0.05, 0) is 73.6 Å². The highest BCUT2D eigenvalue weighted by molar-refractivity contribution is 5.89. The minimum atomic E-state index is -1.51. The summed E-state index contributed by atoms with van der Waals surface area (Å²) in [4.78, 5) is 84.6. The molecule has 0 heterocycles. The van der Waals surface area contributed by atoms with Gasteiger partial charge in [0.05, 0.1) is 0 Å². The van der Waals surface area contributed by atoms with Crippen LogP contribution in [0.2, 0.25) is 0 Å². The molecule has 1 unspecified atom stereocenters. The van der Waals surface area contributed by atoms with Gasteiger partial charge in [-0.25, -0.2) is 14.4 Å². The standard InChI is InChI=1S/C36H49N5O10/c1-2-30(42)38-21-22-10-14-25(15-11-22)32(45)39-29(20-23-12-13-24-7-3-4-8-26(24)19-23)33(46)37-18-6-5-9-27(34(47)48)40-36(51)41-28(35(49)50)16-17-31(43)44/h3-4,7-8,12-13,19,22,25,27-29H,2,5-6,9-11,14-18,20-21H2,1H3,(H,37,46)(H,38,42)(H,39,45)(H,43,44)(H,47,48)(H,49,50)(H2,40,41,51)/t22?,25?,27-,28-,29?/m0/s1. The van der Waals surface area contributed by atoms with E-state index in [2.05, 4.69) is 26.6 Å². The molecule has 0 radical (unpaired) electrons. The molecule has 1 aliphatic carbocycles. The van der Waals surface area contributed by atoms with Crippen molar-refractivity contribution in [3.8, 4) is 0 Å². The number of amides is 5. The number of carboxylic acid groups (broad SMARTS) is 3. The van der Waals surface area contributed by atoms with Crippen molar-refractivity contribution in [3.63, 3.8) is 0 Å². The van der Waals surface area contributed by atoms with Crippen LogP contribution >= 0.6 is 0 Å². The number of benzene rings is 2. The number of nitrogens with one attached hydrogen (secondary N) is 5. The Morgan fingerprint density at radius 2 is 1.39 bits per heavy atom. The molecule has 51 heavy (non-hydrogen) atoms. The van der Waals surface area contributed by atoms with E-state index in [1.807, 2.05) is 42.5 Å². The fraction of sp³-hybridized carbons (Fsp3) is 0.528. The van der Waals surface area contributed by atoms with Gasteiger partial charge in [0, 0.05) is 38.3 Å². The van der Waals surface area contributed by atoms with Gasteiger partial charge in [0.1, 0.15) is 18.1 Å². The summed E-state index contributed by atoms with van der Waals surface area (Å²) in [6, 6.07) is 8.91. The van der Waals surface area contributed by atoms with Crippen LogP contribution in [0.4, 0.5) is 4.79 Å². The van der Waals surface area contributed by atoms with Crippen molar-refractivity contribution >= 4 is 52.4 Å². The van der Waals surface area contributed by atoms with Crippen LogP contribution in [0.3, 0.4) is 0 Å². The molecule has 1 aliphatic rings. The number of hydrogen-bond donors (Lipinski definition) is 8. The Balaban J connectivity index is 1.55. The molecular formula is C36H49N5O10. The fourth-order valence-corrected chi connectivity index (χ4v) is 6.06. The Labute approximate surface area is 296 Å². The van der Waals surface area contributed by atoms with Crippen molar-refractivity contribution in [2.24, 2.45) is 11.8 Å². The number of aliphatic carboxylic acids is 3. The van der Waals surface area contributed by atoms with Crippen LogP contribution < -0.4 is 26.6 Å². The minimum Gasteiger partial charge on any atom is -0.481 e. The fourth-order valence-electron chi connectivity index (χ4n) is 6.06. The van der Waals surface area contributed by atoms with Crippen molar-refractivity contribution in [2.75, 3.05) is 13.1 Å². The van der Waals surface area contributed by atoms with Crippen molar-refractivity contribution in [1.29, 1.82) is 0 Å². The molecule has 2 aromatic rings. The number of rotatable bonds is 20. The van der Waals surface area contributed by atoms with Crippen LogP contribution in [-0.2, 0) is 35.2 Å². The summed E-state index contributed by atoms with van der Waals surface area (Å²) in [6.07, 6.45) is 3.31. The Morgan fingerprint density at radius 3 is 2.02 bits per heavy atom. The second kappa shape index (κ2) is 20.5. The second-order valence-electron chi connectivity index (χ2n) is 12.9. The number of urea groups is 1. The van der Waals surface area contributed by atoms with E-state index < -0.39 is 48.5 Å². The average Bonchev–Trinajstić information content (AvgIpc) is 3.11. The highest BCUT2D eigenvalue weighted by Gasteiger charge is 2.30. The zero-order chi connectivity index (χ0) is 37.3. The molecule has 0 spiro atoms. The first-order chi connectivity index (χ1) is 24.4. The van der Waals surface area contributed by atoms with E-state index in [1.165, 1.54) is 0 Å². The van der Waals surface area contributed by atoms with Gasteiger partial charge in [-0.15, -0.1) is 0 Å². The number of carboxylic acids is 3. The predicted octanol–water partition coefficient (Wildman–Crippen LogP) is 2.56. The van der Waals surface area contributed by atoms with Gasteiger partial charge >= 0.3 is 23.9 Å². The van der Waals surface area contributed by atoms with Gasteiger partial charge in [0.15, 0.2) is 0 Å². The van der Waals surface area contributed by atoms with Gasteiger partial charge in [-0.3, -0.25) is 19.2 Å². The maximum atomic E-state index is 13.5. The van der Waals surface area contributed by atoms with E-state index in [0.29, 0.717) is 38.1 Å². The van der Waals surface area contributed by atoms with Gasteiger partial charge in [0.25, 0.3) is 0 Å². The summed E-state index contributed by atoms with van der Waals surface area (Å²) >= 11 is 0.